The first-order chi connectivity index (χ1) is 9.80. The van der Waals surface area contributed by atoms with Gasteiger partial charge >= 0.3 is 0 Å². The van der Waals surface area contributed by atoms with Crippen LogP contribution in [0.5, 0.6) is 0 Å². The van der Waals surface area contributed by atoms with Gasteiger partial charge < -0.3 is 0 Å². The van der Waals surface area contributed by atoms with Crippen molar-refractivity contribution < 1.29 is 4.79 Å². The molecule has 21 heavy (non-hydrogen) atoms. The summed E-state index contributed by atoms with van der Waals surface area (Å²) in [6.45, 7) is 12.8. The van der Waals surface area contributed by atoms with Gasteiger partial charge in [0.2, 0.25) is 0 Å². The number of nitrogens with zero attached hydrogens (tertiary/aromatic N) is 1. The van der Waals surface area contributed by atoms with Crippen molar-refractivity contribution in [2.45, 2.75) is 51.8 Å². The van der Waals surface area contributed by atoms with E-state index in [1.807, 2.05) is 23.9 Å². The smallest absolute Gasteiger partial charge is 0.179 e. The fraction of sp³-hybridized carbons (Fsp3) is 0.611. The minimum atomic E-state index is -0.0263. The zero-order valence-corrected chi connectivity index (χ0v) is 14.7. The van der Waals surface area contributed by atoms with Gasteiger partial charge in [0.15, 0.2) is 5.78 Å². The van der Waals surface area contributed by atoms with E-state index in [1.165, 1.54) is 11.1 Å². The van der Waals surface area contributed by atoms with E-state index >= 15 is 0 Å². The normalized spacial score (nSPS) is 20.8. The first-order valence-corrected chi connectivity index (χ1v) is 8.78. The molecule has 1 unspecified atom stereocenters. The monoisotopic (exact) mass is 305 g/mol. The molecule has 2 nitrogen and oxygen atoms in total. The van der Waals surface area contributed by atoms with Crippen LogP contribution in [-0.2, 0) is 0 Å². The van der Waals surface area contributed by atoms with Crippen LogP contribution in [0.4, 0.5) is 0 Å². The summed E-state index contributed by atoms with van der Waals surface area (Å²) in [6, 6.07) is 6.03. The molecule has 0 radical (unpaired) electrons. The molecular weight excluding hydrogens is 278 g/mol. The molecule has 1 aromatic carbocycles. The molecule has 116 valence electrons. The second-order valence-corrected chi connectivity index (χ2v) is 8.54. The highest BCUT2D eigenvalue weighted by Crippen LogP contribution is 2.31. The molecule has 1 atom stereocenters. The van der Waals surface area contributed by atoms with Crippen LogP contribution >= 0.6 is 11.8 Å². The minimum Gasteiger partial charge on any atom is -0.293 e. The lowest BCUT2D eigenvalue weighted by Gasteiger charge is -2.27. The maximum absolute atomic E-state index is 12.7. The molecule has 0 amide bonds. The SMILES string of the molecule is Cc1ccc(C(=O)C(C)N2CCSC(C)(C)CC2)cc1C. The van der Waals surface area contributed by atoms with E-state index in [0.717, 1.165) is 30.8 Å². The summed E-state index contributed by atoms with van der Waals surface area (Å²) in [5.74, 6) is 1.36. The first-order valence-electron chi connectivity index (χ1n) is 7.80. The number of carbonyl (C=O) groups excluding carboxylic acids is 1. The molecule has 0 N–H and O–H groups in total. The van der Waals surface area contributed by atoms with Crippen LogP contribution in [0.25, 0.3) is 0 Å². The second-order valence-electron chi connectivity index (χ2n) is 6.73. The van der Waals surface area contributed by atoms with Crippen molar-refractivity contribution in [3.05, 3.63) is 34.9 Å². The third-order valence-electron chi connectivity index (χ3n) is 4.59. The number of rotatable bonds is 3. The largest absolute Gasteiger partial charge is 0.293 e. The van der Waals surface area contributed by atoms with E-state index in [-0.39, 0.29) is 11.8 Å². The van der Waals surface area contributed by atoms with Crippen LogP contribution in [0.3, 0.4) is 0 Å². The lowest BCUT2D eigenvalue weighted by Crippen LogP contribution is -2.40. The van der Waals surface area contributed by atoms with Gasteiger partial charge in [0.1, 0.15) is 0 Å². The van der Waals surface area contributed by atoms with Crippen molar-refractivity contribution in [1.82, 2.24) is 4.90 Å². The molecule has 3 heteroatoms. The predicted molar refractivity (Wildman–Crippen MR) is 92.4 cm³/mol. The lowest BCUT2D eigenvalue weighted by atomic mass is 9.99. The second kappa shape index (κ2) is 6.53. The average molecular weight is 305 g/mol. The van der Waals surface area contributed by atoms with Gasteiger partial charge in [-0.25, -0.2) is 0 Å². The van der Waals surface area contributed by atoms with Crippen LogP contribution in [0, 0.1) is 13.8 Å². The quantitative estimate of drug-likeness (QED) is 0.784. The Labute approximate surface area is 133 Å². The summed E-state index contributed by atoms with van der Waals surface area (Å²) in [7, 11) is 0. The molecular formula is C18H27NOS. The molecule has 1 aliphatic rings. The Morgan fingerprint density at radius 2 is 1.95 bits per heavy atom. The number of hydrogen-bond donors (Lipinski definition) is 0. The third kappa shape index (κ3) is 4.10. The van der Waals surface area contributed by atoms with Gasteiger partial charge in [0.05, 0.1) is 6.04 Å². The van der Waals surface area contributed by atoms with E-state index < -0.39 is 0 Å². The first kappa shape index (κ1) is 16.6. The summed E-state index contributed by atoms with van der Waals surface area (Å²) in [5.41, 5.74) is 3.29. The van der Waals surface area contributed by atoms with Crippen LogP contribution < -0.4 is 0 Å². The van der Waals surface area contributed by atoms with Gasteiger partial charge in [0.25, 0.3) is 0 Å². The average Bonchev–Trinajstić information content (AvgIpc) is 2.61. The van der Waals surface area contributed by atoms with Crippen LogP contribution in [0.2, 0.25) is 0 Å². The van der Waals surface area contributed by atoms with E-state index in [1.54, 1.807) is 0 Å². The predicted octanol–water partition coefficient (Wildman–Crippen LogP) is 4.09. The zero-order chi connectivity index (χ0) is 15.6. The van der Waals surface area contributed by atoms with Crippen LogP contribution in [0.1, 0.15) is 48.7 Å². The lowest BCUT2D eigenvalue weighted by molar-refractivity contribution is 0.0844. The Morgan fingerprint density at radius 1 is 1.24 bits per heavy atom. The van der Waals surface area contributed by atoms with Crippen molar-refractivity contribution in [2.75, 3.05) is 18.8 Å². The van der Waals surface area contributed by atoms with E-state index in [2.05, 4.69) is 45.6 Å². The number of Topliss-reactive ketones (excluding diaryl/α,β-unsaturated/α-hetero) is 1. The molecule has 0 aromatic heterocycles. The third-order valence-corrected chi connectivity index (χ3v) is 5.96. The highest BCUT2D eigenvalue weighted by atomic mass is 32.2. The molecule has 0 aliphatic carbocycles. The molecule has 1 fully saturated rings. The van der Waals surface area contributed by atoms with Crippen molar-refractivity contribution in [3.63, 3.8) is 0 Å². The topological polar surface area (TPSA) is 20.3 Å². The Balaban J connectivity index is 2.09. The van der Waals surface area contributed by atoms with Gasteiger partial charge in [-0.05, 0) is 44.4 Å². The Bertz CT molecular complexity index is 524. The fourth-order valence-electron chi connectivity index (χ4n) is 2.73. The van der Waals surface area contributed by atoms with Gasteiger partial charge in [-0.3, -0.25) is 9.69 Å². The fourth-order valence-corrected chi connectivity index (χ4v) is 3.84. The number of aryl methyl sites for hydroxylation is 2. The maximum Gasteiger partial charge on any atom is 0.179 e. The molecule has 2 rings (SSSR count). The standard InChI is InChI=1S/C18H27NOS/c1-13-6-7-16(12-14(13)2)17(20)15(3)19-9-8-18(4,5)21-11-10-19/h6-7,12,15H,8-11H2,1-5H3. The Hall–Kier alpha value is -0.800. The van der Waals surface area contributed by atoms with Crippen molar-refractivity contribution in [2.24, 2.45) is 0 Å². The maximum atomic E-state index is 12.7. The van der Waals surface area contributed by atoms with E-state index in [9.17, 15) is 4.79 Å². The Morgan fingerprint density at radius 3 is 2.62 bits per heavy atom. The molecule has 1 aromatic rings. The van der Waals surface area contributed by atoms with Crippen molar-refractivity contribution in [3.8, 4) is 0 Å². The van der Waals surface area contributed by atoms with E-state index in [0.29, 0.717) is 4.75 Å². The summed E-state index contributed by atoms with van der Waals surface area (Å²) in [6.07, 6.45) is 1.14. The van der Waals surface area contributed by atoms with Gasteiger partial charge in [-0.2, -0.15) is 11.8 Å². The van der Waals surface area contributed by atoms with Crippen LogP contribution in [0.15, 0.2) is 18.2 Å². The molecule has 0 saturated carbocycles. The molecule has 0 spiro atoms. The van der Waals surface area contributed by atoms with Crippen LogP contribution in [-0.4, -0.2) is 40.3 Å². The number of benzene rings is 1. The molecule has 1 heterocycles. The van der Waals surface area contributed by atoms with Crippen molar-refractivity contribution >= 4 is 17.5 Å². The summed E-state index contributed by atoms with van der Waals surface area (Å²) in [4.78, 5) is 15.1. The summed E-state index contributed by atoms with van der Waals surface area (Å²) in [5, 5.41) is 0. The van der Waals surface area contributed by atoms with Gasteiger partial charge in [-0.15, -0.1) is 0 Å². The summed E-state index contributed by atoms with van der Waals surface area (Å²) < 4.78 is 0.331. The van der Waals surface area contributed by atoms with Gasteiger partial charge in [-0.1, -0.05) is 26.0 Å². The molecule has 0 bridgehead atoms. The van der Waals surface area contributed by atoms with Crippen molar-refractivity contribution in [1.29, 1.82) is 0 Å². The number of ketones is 1. The molecule has 1 saturated heterocycles. The number of hydrogen-bond acceptors (Lipinski definition) is 3. The number of thioether (sulfide) groups is 1. The minimum absolute atomic E-state index is 0.0263. The van der Waals surface area contributed by atoms with Gasteiger partial charge in [0, 0.05) is 29.2 Å². The number of carbonyl (C=O) groups is 1. The summed E-state index contributed by atoms with van der Waals surface area (Å²) >= 11 is 2.02. The molecule has 1 aliphatic heterocycles. The van der Waals surface area contributed by atoms with E-state index in [4.69, 9.17) is 0 Å². The highest BCUT2D eigenvalue weighted by Gasteiger charge is 2.28. The Kier molecular flexibility index (Phi) is 5.15. The zero-order valence-electron chi connectivity index (χ0n) is 13.9. The highest BCUT2D eigenvalue weighted by molar-refractivity contribution is 8.00.